The summed E-state index contributed by atoms with van der Waals surface area (Å²) in [5.41, 5.74) is 1.79. The van der Waals surface area contributed by atoms with Crippen molar-refractivity contribution in [3.8, 4) is 11.5 Å². The minimum Gasteiger partial charge on any atom is -0.493 e. The standard InChI is InChI=1S/C21H22FN3O3/c1-27-18-5-3-4-16(21(18)28-2)14-25-19(12-13-23-25)24-20(26)11-8-15-6-9-17(22)10-7-15/h3-7,9-10,12-13H,8,11,14H2,1-2H3,(H,24,26). The van der Waals surface area contributed by atoms with Gasteiger partial charge in [0.25, 0.3) is 0 Å². The number of methoxy groups -OCH3 is 2. The Hall–Kier alpha value is -3.35. The fraction of sp³-hybridized carbons (Fsp3) is 0.238. The number of nitrogens with one attached hydrogen (secondary N) is 1. The zero-order chi connectivity index (χ0) is 19.9. The number of nitrogens with zero attached hydrogens (tertiary/aromatic N) is 2. The maximum absolute atomic E-state index is 13.0. The summed E-state index contributed by atoms with van der Waals surface area (Å²) < 4.78 is 25.4. The molecule has 1 N–H and O–H groups in total. The van der Waals surface area contributed by atoms with Gasteiger partial charge >= 0.3 is 0 Å². The lowest BCUT2D eigenvalue weighted by atomic mass is 10.1. The topological polar surface area (TPSA) is 65.4 Å². The molecule has 1 heterocycles. The van der Waals surface area contributed by atoms with Gasteiger partial charge in [-0.05, 0) is 30.2 Å². The number of hydrogen-bond donors (Lipinski definition) is 1. The fourth-order valence-electron chi connectivity index (χ4n) is 2.92. The number of aromatic nitrogens is 2. The van der Waals surface area contributed by atoms with Crippen molar-refractivity contribution >= 4 is 11.7 Å². The fourth-order valence-corrected chi connectivity index (χ4v) is 2.92. The van der Waals surface area contributed by atoms with Gasteiger partial charge in [-0.25, -0.2) is 9.07 Å². The molecule has 0 aliphatic carbocycles. The van der Waals surface area contributed by atoms with E-state index in [-0.39, 0.29) is 11.7 Å². The molecule has 3 rings (SSSR count). The largest absolute Gasteiger partial charge is 0.493 e. The Morgan fingerprint density at radius 1 is 1.11 bits per heavy atom. The van der Waals surface area contributed by atoms with Crippen molar-refractivity contribution in [2.75, 3.05) is 19.5 Å². The number of carbonyl (C=O) groups is 1. The summed E-state index contributed by atoms with van der Waals surface area (Å²) in [5.74, 6) is 1.44. The van der Waals surface area contributed by atoms with E-state index < -0.39 is 0 Å². The third-order valence-corrected chi connectivity index (χ3v) is 4.34. The van der Waals surface area contributed by atoms with Crippen LogP contribution >= 0.6 is 0 Å². The van der Waals surface area contributed by atoms with E-state index in [0.29, 0.717) is 36.7 Å². The molecule has 7 heteroatoms. The lowest BCUT2D eigenvalue weighted by molar-refractivity contribution is -0.116. The van der Waals surface area contributed by atoms with Crippen LogP contribution in [0.5, 0.6) is 11.5 Å². The number of hydrogen-bond acceptors (Lipinski definition) is 4. The van der Waals surface area contributed by atoms with Crippen LogP contribution in [0.1, 0.15) is 17.5 Å². The molecule has 0 atom stereocenters. The predicted molar refractivity (Wildman–Crippen MR) is 104 cm³/mol. The van der Waals surface area contributed by atoms with Crippen LogP contribution in [0.25, 0.3) is 0 Å². The molecular weight excluding hydrogens is 361 g/mol. The Kier molecular flexibility index (Phi) is 6.26. The normalized spacial score (nSPS) is 10.5. The van der Waals surface area contributed by atoms with E-state index in [2.05, 4.69) is 10.4 Å². The Morgan fingerprint density at radius 3 is 2.61 bits per heavy atom. The number of ether oxygens (including phenoxy) is 2. The molecule has 0 fully saturated rings. The van der Waals surface area contributed by atoms with Crippen molar-refractivity contribution in [3.05, 3.63) is 71.7 Å². The van der Waals surface area contributed by atoms with Crippen LogP contribution in [-0.4, -0.2) is 29.9 Å². The molecule has 0 radical (unpaired) electrons. The molecule has 0 saturated carbocycles. The van der Waals surface area contributed by atoms with Crippen molar-refractivity contribution in [1.29, 1.82) is 0 Å². The number of halogens is 1. The summed E-state index contributed by atoms with van der Waals surface area (Å²) in [5, 5.41) is 7.16. The zero-order valence-corrected chi connectivity index (χ0v) is 15.8. The number of carbonyl (C=O) groups excluding carboxylic acids is 1. The van der Waals surface area contributed by atoms with E-state index in [1.807, 2.05) is 18.2 Å². The highest BCUT2D eigenvalue weighted by atomic mass is 19.1. The lowest BCUT2D eigenvalue weighted by Crippen LogP contribution is -2.16. The molecule has 0 saturated heterocycles. The van der Waals surface area contributed by atoms with Crippen LogP contribution in [0.15, 0.2) is 54.7 Å². The van der Waals surface area contributed by atoms with Crippen LogP contribution in [0, 0.1) is 5.82 Å². The highest BCUT2D eigenvalue weighted by Crippen LogP contribution is 2.31. The maximum Gasteiger partial charge on any atom is 0.225 e. The van der Waals surface area contributed by atoms with Gasteiger partial charge in [0.15, 0.2) is 11.5 Å². The third-order valence-electron chi connectivity index (χ3n) is 4.34. The Labute approximate surface area is 162 Å². The first-order chi connectivity index (χ1) is 13.6. The molecule has 1 aromatic heterocycles. The predicted octanol–water partition coefficient (Wildman–Crippen LogP) is 3.66. The number of anilines is 1. The molecule has 3 aromatic rings. The van der Waals surface area contributed by atoms with E-state index in [4.69, 9.17) is 9.47 Å². The van der Waals surface area contributed by atoms with E-state index in [9.17, 15) is 9.18 Å². The van der Waals surface area contributed by atoms with Crippen LogP contribution in [0.3, 0.4) is 0 Å². The molecule has 0 spiro atoms. The molecule has 146 valence electrons. The number of benzene rings is 2. The van der Waals surface area contributed by atoms with Crippen LogP contribution in [-0.2, 0) is 17.8 Å². The molecule has 0 aliphatic heterocycles. The second-order valence-electron chi connectivity index (χ2n) is 6.20. The van der Waals surface area contributed by atoms with Crippen molar-refractivity contribution in [3.63, 3.8) is 0 Å². The van der Waals surface area contributed by atoms with Gasteiger partial charge < -0.3 is 14.8 Å². The van der Waals surface area contributed by atoms with E-state index >= 15 is 0 Å². The molecule has 0 unspecified atom stereocenters. The average molecular weight is 383 g/mol. The summed E-state index contributed by atoms with van der Waals surface area (Å²) in [6.07, 6.45) is 2.45. The summed E-state index contributed by atoms with van der Waals surface area (Å²) in [6.45, 7) is 0.418. The van der Waals surface area contributed by atoms with Gasteiger partial charge in [-0.15, -0.1) is 0 Å². The third kappa shape index (κ3) is 4.68. The van der Waals surface area contributed by atoms with Gasteiger partial charge in [0.2, 0.25) is 5.91 Å². The number of amides is 1. The van der Waals surface area contributed by atoms with Crippen molar-refractivity contribution in [2.24, 2.45) is 0 Å². The van der Waals surface area contributed by atoms with E-state index in [1.165, 1.54) is 12.1 Å². The molecular formula is C21H22FN3O3. The lowest BCUT2D eigenvalue weighted by Gasteiger charge is -2.14. The Bertz CT molecular complexity index is 938. The molecule has 2 aromatic carbocycles. The van der Waals surface area contributed by atoms with E-state index in [0.717, 1.165) is 11.1 Å². The first kappa shape index (κ1) is 19.4. The average Bonchev–Trinajstić information content (AvgIpc) is 3.13. The monoisotopic (exact) mass is 383 g/mol. The Balaban J connectivity index is 1.65. The molecule has 1 amide bonds. The van der Waals surface area contributed by atoms with E-state index in [1.54, 1.807) is 43.3 Å². The van der Waals surface area contributed by atoms with Crippen molar-refractivity contribution in [1.82, 2.24) is 9.78 Å². The van der Waals surface area contributed by atoms with Gasteiger partial charge in [-0.2, -0.15) is 5.10 Å². The molecule has 0 bridgehead atoms. The van der Waals surface area contributed by atoms with Crippen molar-refractivity contribution < 1.29 is 18.7 Å². The number of rotatable bonds is 8. The number of para-hydroxylation sites is 1. The summed E-state index contributed by atoms with van der Waals surface area (Å²) in [6, 6.07) is 13.5. The molecule has 28 heavy (non-hydrogen) atoms. The smallest absolute Gasteiger partial charge is 0.225 e. The van der Waals surface area contributed by atoms with Crippen LogP contribution in [0.2, 0.25) is 0 Å². The van der Waals surface area contributed by atoms with Crippen LogP contribution in [0.4, 0.5) is 10.2 Å². The van der Waals surface area contributed by atoms with Crippen molar-refractivity contribution in [2.45, 2.75) is 19.4 Å². The molecule has 0 aliphatic rings. The summed E-state index contributed by atoms with van der Waals surface area (Å²) in [4.78, 5) is 12.3. The van der Waals surface area contributed by atoms with Gasteiger partial charge in [0.1, 0.15) is 11.6 Å². The zero-order valence-electron chi connectivity index (χ0n) is 15.8. The first-order valence-electron chi connectivity index (χ1n) is 8.86. The minimum absolute atomic E-state index is 0.135. The minimum atomic E-state index is -0.287. The second-order valence-corrected chi connectivity index (χ2v) is 6.20. The molecule has 6 nitrogen and oxygen atoms in total. The number of aryl methyl sites for hydroxylation is 1. The van der Waals surface area contributed by atoms with Crippen LogP contribution < -0.4 is 14.8 Å². The summed E-state index contributed by atoms with van der Waals surface area (Å²) >= 11 is 0. The quantitative estimate of drug-likeness (QED) is 0.645. The van der Waals surface area contributed by atoms with Gasteiger partial charge in [-0.3, -0.25) is 4.79 Å². The first-order valence-corrected chi connectivity index (χ1v) is 8.86. The van der Waals surface area contributed by atoms with Gasteiger partial charge in [0.05, 0.1) is 27.0 Å². The maximum atomic E-state index is 13.0. The second kappa shape index (κ2) is 9.03. The summed E-state index contributed by atoms with van der Waals surface area (Å²) in [7, 11) is 3.17. The van der Waals surface area contributed by atoms with Gasteiger partial charge in [0, 0.05) is 18.1 Å². The Morgan fingerprint density at radius 2 is 1.89 bits per heavy atom. The SMILES string of the molecule is COc1cccc(Cn2nccc2NC(=O)CCc2ccc(F)cc2)c1OC. The highest BCUT2D eigenvalue weighted by molar-refractivity contribution is 5.89. The highest BCUT2D eigenvalue weighted by Gasteiger charge is 2.13. The van der Waals surface area contributed by atoms with Gasteiger partial charge in [-0.1, -0.05) is 24.3 Å².